The molecule has 0 spiro atoms. The molecule has 0 fully saturated rings. The molecule has 4 aromatic heterocycles. The van der Waals surface area contributed by atoms with Gasteiger partial charge in [0.25, 0.3) is 0 Å². The van der Waals surface area contributed by atoms with E-state index >= 15 is 52.7 Å². The Morgan fingerprint density at radius 2 is 0.455 bits per heavy atom. The Kier molecular flexibility index (Phi) is 24.3. The van der Waals surface area contributed by atoms with Crippen molar-refractivity contribution >= 4 is 43.6 Å². The smallest absolute Gasteiger partial charge is 0.308 e. The predicted octanol–water partition coefficient (Wildman–Crippen LogP) is 36.1. The van der Waals surface area contributed by atoms with Crippen LogP contribution in [0.2, 0.25) is 0 Å². The Hall–Kier alpha value is -16.6. The van der Waals surface area contributed by atoms with Crippen molar-refractivity contribution in [1.82, 2.24) is 29.1 Å². The van der Waals surface area contributed by atoms with Crippen molar-refractivity contribution in [2.45, 2.75) is 79.3 Å². The summed E-state index contributed by atoms with van der Waals surface area (Å²) in [6, 6.07) is 103. The maximum atomic E-state index is 15.7. The lowest BCUT2D eigenvalue weighted by Crippen LogP contribution is -2.11. The maximum Gasteiger partial charge on any atom is 0.417 e. The topological polar surface area (TPSA) is 61.4 Å². The van der Waals surface area contributed by atoms with Crippen LogP contribution in [-0.4, -0.2) is 29.1 Å². The number of para-hydroxylation sites is 1. The van der Waals surface area contributed by atoms with Gasteiger partial charge in [0.2, 0.25) is 0 Å². The zero-order chi connectivity index (χ0) is 100. The van der Waals surface area contributed by atoms with Gasteiger partial charge in [0.05, 0.1) is 84.0 Å². The van der Waals surface area contributed by atoms with Crippen molar-refractivity contribution in [1.29, 1.82) is 0 Å². The van der Waals surface area contributed by atoms with Gasteiger partial charge in [-0.2, -0.15) is 65.9 Å². The van der Waals surface area contributed by atoms with E-state index in [9.17, 15) is 13.2 Å². The van der Waals surface area contributed by atoms with E-state index in [1.54, 1.807) is 78.2 Å². The fourth-order valence-corrected chi connectivity index (χ4v) is 20.2. The van der Waals surface area contributed by atoms with Crippen LogP contribution in [0.4, 0.5) is 65.9 Å². The molecule has 17 aromatic carbocycles. The second-order valence-electron chi connectivity index (χ2n) is 35.9. The number of nitrogens with zero attached hydrogens (tertiary/aromatic N) is 6. The molecule has 0 saturated heterocycles. The molecule has 21 rings (SSSR count). The van der Waals surface area contributed by atoms with Gasteiger partial charge in [0.15, 0.2) is 11.6 Å². The Labute approximate surface area is 813 Å². The number of hydrogen-bond acceptors (Lipinski definition) is 4. The van der Waals surface area contributed by atoms with Crippen LogP contribution in [0.15, 0.2) is 376 Å². The van der Waals surface area contributed by atoms with Crippen molar-refractivity contribution in [2.24, 2.45) is 0 Å². The highest BCUT2D eigenvalue weighted by Crippen LogP contribution is 2.54. The highest BCUT2D eigenvalue weighted by Gasteiger charge is 2.42. The van der Waals surface area contributed by atoms with Crippen molar-refractivity contribution in [2.75, 3.05) is 0 Å². The van der Waals surface area contributed by atoms with Gasteiger partial charge in [0.1, 0.15) is 0 Å². The molecule has 21 aromatic rings. The molecule has 4 heterocycles. The number of benzene rings is 17. The fraction of sp³-hybridized carbons (Fsp3) is 0.0984. The van der Waals surface area contributed by atoms with Crippen molar-refractivity contribution in [3.8, 4) is 157 Å². The third-order valence-corrected chi connectivity index (χ3v) is 26.1. The van der Waals surface area contributed by atoms with E-state index in [0.717, 1.165) is 114 Å². The van der Waals surface area contributed by atoms with Gasteiger partial charge in [-0.25, -0.2) is 19.9 Å². The minimum atomic E-state index is -4.92. The summed E-state index contributed by atoms with van der Waals surface area (Å²) in [6.07, 6.45) is -24.2. The van der Waals surface area contributed by atoms with E-state index in [1.165, 1.54) is 84.9 Å². The molecule has 6 nitrogen and oxygen atoms in total. The maximum absolute atomic E-state index is 15.7. The molecule has 0 atom stereocenters. The highest BCUT2D eigenvalue weighted by molar-refractivity contribution is 6.15. The Bertz CT molecular complexity index is 8130. The lowest BCUT2D eigenvalue weighted by Gasteiger charge is -2.24. The molecular formula is C122H83F15N6. The molecule has 0 aliphatic rings. The third-order valence-electron chi connectivity index (χ3n) is 26.1. The van der Waals surface area contributed by atoms with Crippen LogP contribution in [0.1, 0.15) is 66.8 Å². The third kappa shape index (κ3) is 18.3. The monoisotopic (exact) mass is 1920 g/mol. The van der Waals surface area contributed by atoms with Crippen LogP contribution >= 0.6 is 0 Å². The number of alkyl halides is 15. The zero-order valence-electron chi connectivity index (χ0n) is 77.6. The molecule has 0 unspecified atom stereocenters. The summed E-state index contributed by atoms with van der Waals surface area (Å²) in [4.78, 5) is 20.0. The summed E-state index contributed by atoms with van der Waals surface area (Å²) in [5, 5.41) is 2.58. The number of fused-ring (bicyclic) bond motifs is 6. The Morgan fingerprint density at radius 1 is 0.189 bits per heavy atom. The summed E-state index contributed by atoms with van der Waals surface area (Å²) in [6.45, 7) is 14.0. The first-order valence-electron chi connectivity index (χ1n) is 46.0. The first-order chi connectivity index (χ1) is 68.4. The largest absolute Gasteiger partial charge is 0.417 e. The van der Waals surface area contributed by atoms with E-state index < -0.39 is 58.7 Å². The number of halogens is 15. The lowest BCUT2D eigenvalue weighted by molar-refractivity contribution is -0.138. The summed E-state index contributed by atoms with van der Waals surface area (Å²) in [5.41, 5.74) is 12.7. The zero-order valence-corrected chi connectivity index (χ0v) is 77.6. The predicted molar refractivity (Wildman–Crippen MR) is 542 cm³/mol. The van der Waals surface area contributed by atoms with Gasteiger partial charge in [-0.15, -0.1) is 0 Å². The van der Waals surface area contributed by atoms with Crippen molar-refractivity contribution in [3.05, 3.63) is 443 Å². The van der Waals surface area contributed by atoms with E-state index in [-0.39, 0.29) is 84.2 Å². The van der Waals surface area contributed by atoms with Crippen LogP contribution in [0, 0.1) is 48.5 Å². The minimum absolute atomic E-state index is 0.0153. The van der Waals surface area contributed by atoms with Crippen LogP contribution in [-0.2, 0) is 30.9 Å². The SMILES string of the molecule is Cc1cc(-c2ccc3c(c2)c2ccccc2n3-c2c(-c3ccccc3C(F)(F)F)cc(-c3nc(-c4ccccc4)cc(-c4ccccc4)n3)cc2-c2ccccc2C(F)(F)F)cc(C(F)(F)F)c1.Cc1cc(C)c(-c2ccc3c(c2)c2cc(-c4c(C)cc(C)cc4C)ccc2n3-c2c(-c3ccccc3C(F)(F)F)cc(-c3nc(-c4ccccc4)cc(-c4ccccc4)n3)cc2-c2ccccc2C(F)(F)F)c(C)c1. The van der Waals surface area contributed by atoms with E-state index in [2.05, 4.69) is 77.9 Å². The van der Waals surface area contributed by atoms with Gasteiger partial charge in [0, 0.05) is 77.2 Å². The van der Waals surface area contributed by atoms with Crippen LogP contribution in [0.5, 0.6) is 0 Å². The standard InChI is InChI=1S/C66H49F6N3.C56H34F9N3/c1-38-29-40(3)61(41(4)30-38)46-25-27-59-51(33-46)52-34-47(62-42(5)31-39(2)32-43(62)6)26-28-60(52)75(59)63-53(49-21-13-15-23-55(49)65(67,68)69)35-48(36-54(63)50-22-14-16-24-56(50)66(70,71)72)64-73-57(44-17-9-7-10-18-44)37-58(74-64)45-19-11-8-12-20-45;1-33-26-37(28-39(27-33)54(57,58)59)36-24-25-51-43(29-36)42-20-10-13-23-50(42)68(51)52-44(40-18-8-11-21-46(40)55(60,61)62)30-38(31-45(52)41-19-9-12-22-47(41)56(63,64)65)53-66-48(34-14-4-2-5-15-34)32-49(67-53)35-16-6-3-7-17-35/h7-37H,1-6H3;2-32H,1H3. The first kappa shape index (κ1) is 94.1. The molecule has 0 bridgehead atoms. The molecule has 21 heteroatoms. The average molecular weight is 1920 g/mol. The molecule has 0 radical (unpaired) electrons. The Morgan fingerprint density at radius 3 is 0.769 bits per heavy atom. The van der Waals surface area contributed by atoms with E-state index in [4.69, 9.17) is 19.9 Å². The second kappa shape index (κ2) is 36.9. The number of aryl methyl sites for hydroxylation is 7. The normalized spacial score (nSPS) is 12.1. The van der Waals surface area contributed by atoms with Gasteiger partial charge < -0.3 is 9.13 Å². The van der Waals surface area contributed by atoms with Crippen LogP contribution in [0.25, 0.3) is 201 Å². The summed E-state index contributed by atoms with van der Waals surface area (Å²) in [7, 11) is 0. The van der Waals surface area contributed by atoms with Gasteiger partial charge in [-0.05, 0) is 247 Å². The quantitative estimate of drug-likeness (QED) is 0.0960. The highest BCUT2D eigenvalue weighted by atomic mass is 19.4. The van der Waals surface area contributed by atoms with Crippen LogP contribution in [0.3, 0.4) is 0 Å². The molecular weight excluding hydrogens is 1830 g/mol. The molecule has 0 aliphatic heterocycles. The second-order valence-corrected chi connectivity index (χ2v) is 35.9. The van der Waals surface area contributed by atoms with Crippen LogP contribution < -0.4 is 0 Å². The fourth-order valence-electron chi connectivity index (χ4n) is 20.2. The van der Waals surface area contributed by atoms with E-state index in [1.807, 2.05) is 156 Å². The molecule has 0 amide bonds. The number of aromatic nitrogens is 6. The summed E-state index contributed by atoms with van der Waals surface area (Å²) < 4.78 is 232. The first-order valence-corrected chi connectivity index (χ1v) is 46.0. The molecule has 0 saturated carbocycles. The van der Waals surface area contributed by atoms with E-state index in [0.29, 0.717) is 77.9 Å². The minimum Gasteiger partial charge on any atom is -0.308 e. The molecule has 0 aliphatic carbocycles. The van der Waals surface area contributed by atoms with Gasteiger partial charge in [-0.3, -0.25) is 0 Å². The summed E-state index contributed by atoms with van der Waals surface area (Å²) >= 11 is 0. The summed E-state index contributed by atoms with van der Waals surface area (Å²) in [5.74, 6) is 0.152. The number of hydrogen-bond donors (Lipinski definition) is 0. The van der Waals surface area contributed by atoms with Gasteiger partial charge in [-0.1, -0.05) is 272 Å². The molecule has 143 heavy (non-hydrogen) atoms. The number of rotatable bonds is 15. The van der Waals surface area contributed by atoms with Gasteiger partial charge >= 0.3 is 30.9 Å². The Balaban J connectivity index is 0.000000176. The van der Waals surface area contributed by atoms with Crippen molar-refractivity contribution < 1.29 is 65.9 Å². The van der Waals surface area contributed by atoms with Crippen molar-refractivity contribution in [3.63, 3.8) is 0 Å². The molecule has 706 valence electrons. The lowest BCUT2D eigenvalue weighted by atomic mass is 9.88. The molecule has 0 N–H and O–H groups in total. The average Bonchev–Trinajstić information content (AvgIpc) is 1.58.